The predicted molar refractivity (Wildman–Crippen MR) is 186 cm³/mol. The molecule has 0 saturated carbocycles. The summed E-state index contributed by atoms with van der Waals surface area (Å²) in [5.74, 6) is 0.303. The van der Waals surface area contributed by atoms with Crippen molar-refractivity contribution in [3.63, 3.8) is 0 Å². The van der Waals surface area contributed by atoms with Crippen LogP contribution in [0.25, 0.3) is 0 Å². The van der Waals surface area contributed by atoms with Crippen LogP contribution in [0.3, 0.4) is 0 Å². The molecule has 5 heteroatoms. The fourth-order valence-corrected chi connectivity index (χ4v) is 6.34. The molecule has 0 bridgehead atoms. The molecule has 1 aliphatic rings. The van der Waals surface area contributed by atoms with E-state index in [1.807, 2.05) is 16.7 Å². The average Bonchev–Trinajstić information content (AvgIpc) is 3.38. The third kappa shape index (κ3) is 9.18. The minimum atomic E-state index is -0.250. The first kappa shape index (κ1) is 35.3. The number of hydrogen-bond acceptors (Lipinski definition) is 3. The molecule has 1 saturated heterocycles. The second-order valence-electron chi connectivity index (χ2n) is 15.7. The number of hydrogen-bond donors (Lipinski definition) is 1. The third-order valence-corrected chi connectivity index (χ3v) is 9.09. The summed E-state index contributed by atoms with van der Waals surface area (Å²) in [5.41, 5.74) is 9.58. The Hall–Kier alpha value is -2.16. The topological polar surface area (TPSA) is 26.7 Å². The van der Waals surface area contributed by atoms with E-state index in [-0.39, 0.29) is 37.3 Å². The Morgan fingerprint density at radius 2 is 1.07 bits per heavy atom. The Morgan fingerprint density at radius 1 is 0.651 bits per heavy atom. The number of phenolic OH excluding ortho intramolecular Hbond substituents is 1. The van der Waals surface area contributed by atoms with Crippen LogP contribution >= 0.6 is 9.69 Å². The molecule has 0 atom stereocenters. The number of para-hydroxylation sites is 1. The van der Waals surface area contributed by atoms with E-state index < -0.39 is 0 Å². The Balaban J connectivity index is 0.000000428. The second-order valence-corrected chi connectivity index (χ2v) is 17.5. The molecule has 1 aliphatic heterocycles. The van der Waals surface area contributed by atoms with Crippen LogP contribution in [0.5, 0.6) is 5.75 Å². The first-order valence-electron chi connectivity index (χ1n) is 15.2. The van der Waals surface area contributed by atoms with Crippen LogP contribution in [-0.4, -0.2) is 22.8 Å². The summed E-state index contributed by atoms with van der Waals surface area (Å²) in [4.78, 5) is 4.96. The van der Waals surface area contributed by atoms with Gasteiger partial charge >= 0.3 is 70.7 Å². The molecule has 4 rings (SSSR count). The van der Waals surface area contributed by atoms with Crippen molar-refractivity contribution in [1.29, 1.82) is 0 Å². The molecule has 0 aromatic heterocycles. The summed E-state index contributed by atoms with van der Waals surface area (Å²) in [5, 5.41) is 9.17. The zero-order valence-corrected chi connectivity index (χ0v) is 30.9. The SMILES string of the molecule is CC(C)(C)c1ccc(C(C)(C)C)c(N2[CH-]N(c3cc(C(C)(C)C)ccc3C(C)(C)C)CC2)c1.Oc1ccccc1[CH]=[Ru][Cl]. The number of halogens is 1. The first-order valence-corrected chi connectivity index (χ1v) is 18.5. The maximum atomic E-state index is 9.17. The van der Waals surface area contributed by atoms with E-state index in [4.69, 9.17) is 14.8 Å². The van der Waals surface area contributed by atoms with E-state index in [9.17, 15) is 0 Å². The fourth-order valence-electron chi connectivity index (χ4n) is 5.22. The van der Waals surface area contributed by atoms with Crippen LogP contribution < -0.4 is 9.80 Å². The van der Waals surface area contributed by atoms with Crippen LogP contribution in [0.2, 0.25) is 0 Å². The first-order chi connectivity index (χ1) is 19.7. The molecule has 237 valence electrons. The van der Waals surface area contributed by atoms with Crippen molar-refractivity contribution in [2.24, 2.45) is 0 Å². The number of anilines is 2. The Bertz CT molecular complexity index is 1340. The van der Waals surface area contributed by atoms with Gasteiger partial charge in [-0.05, 0) is 56.0 Å². The van der Waals surface area contributed by atoms with Gasteiger partial charge in [-0.3, -0.25) is 0 Å². The summed E-state index contributed by atoms with van der Waals surface area (Å²) < 4.78 is 1.85. The van der Waals surface area contributed by atoms with Gasteiger partial charge in [0, 0.05) is 24.5 Å². The van der Waals surface area contributed by atoms with E-state index in [0.29, 0.717) is 5.75 Å². The van der Waals surface area contributed by atoms with Crippen molar-refractivity contribution in [3.05, 3.63) is 95.1 Å². The summed E-state index contributed by atoms with van der Waals surface area (Å²) in [6.45, 7) is 32.1. The van der Waals surface area contributed by atoms with Crippen LogP contribution in [0.1, 0.15) is 111 Å². The molecule has 1 heterocycles. The molecule has 3 aromatic rings. The molecule has 0 unspecified atom stereocenters. The van der Waals surface area contributed by atoms with Gasteiger partial charge in [0.1, 0.15) is 0 Å². The van der Waals surface area contributed by atoms with Gasteiger partial charge in [0.05, 0.1) is 0 Å². The Kier molecular flexibility index (Phi) is 11.1. The number of benzene rings is 3. The molecular formula is C38H53ClN2ORu-. The molecule has 0 amide bonds. The van der Waals surface area contributed by atoms with Gasteiger partial charge < -0.3 is 9.80 Å². The van der Waals surface area contributed by atoms with Crippen molar-refractivity contribution in [2.75, 3.05) is 22.9 Å². The van der Waals surface area contributed by atoms with Crippen molar-refractivity contribution < 1.29 is 20.8 Å². The summed E-state index contributed by atoms with van der Waals surface area (Å²) in [6.07, 6.45) is 0. The van der Waals surface area contributed by atoms with Gasteiger partial charge in [-0.2, -0.15) is 6.67 Å². The second kappa shape index (κ2) is 13.5. The quantitative estimate of drug-likeness (QED) is 0.219. The predicted octanol–water partition coefficient (Wildman–Crippen LogP) is 10.1. The van der Waals surface area contributed by atoms with E-state index >= 15 is 0 Å². The number of nitrogens with zero attached hydrogens (tertiary/aromatic N) is 2. The van der Waals surface area contributed by atoms with E-state index in [2.05, 4.69) is 136 Å². The summed E-state index contributed by atoms with van der Waals surface area (Å²) in [7, 11) is 5.53. The number of phenols is 1. The number of rotatable bonds is 3. The van der Waals surface area contributed by atoms with Crippen LogP contribution in [-0.2, 0) is 37.3 Å². The number of aromatic hydroxyl groups is 1. The van der Waals surface area contributed by atoms with Gasteiger partial charge in [0.25, 0.3) is 0 Å². The van der Waals surface area contributed by atoms with Crippen LogP contribution in [0, 0.1) is 6.67 Å². The molecule has 3 nitrogen and oxygen atoms in total. The van der Waals surface area contributed by atoms with Crippen molar-refractivity contribution in [2.45, 2.75) is 105 Å². The Morgan fingerprint density at radius 3 is 1.42 bits per heavy atom. The monoisotopic (exact) mass is 690 g/mol. The van der Waals surface area contributed by atoms with Gasteiger partial charge in [-0.25, -0.2) is 0 Å². The average molecular weight is 690 g/mol. The molecule has 3 aromatic carbocycles. The Labute approximate surface area is 273 Å². The van der Waals surface area contributed by atoms with Crippen molar-refractivity contribution >= 4 is 25.7 Å². The molecule has 0 aliphatic carbocycles. The molecule has 0 spiro atoms. The summed E-state index contributed by atoms with van der Waals surface area (Å²) >= 11 is -0.250. The van der Waals surface area contributed by atoms with Crippen LogP contribution in [0.15, 0.2) is 60.7 Å². The minimum absolute atomic E-state index is 0.0930. The maximum absolute atomic E-state index is 9.17. The van der Waals surface area contributed by atoms with Gasteiger partial charge in [0.2, 0.25) is 0 Å². The zero-order chi connectivity index (χ0) is 32.4. The van der Waals surface area contributed by atoms with Crippen molar-refractivity contribution in [1.82, 2.24) is 0 Å². The van der Waals surface area contributed by atoms with E-state index in [1.165, 1.54) is 33.6 Å². The van der Waals surface area contributed by atoms with E-state index in [1.54, 1.807) is 12.1 Å². The molecule has 0 radical (unpaired) electrons. The van der Waals surface area contributed by atoms with Gasteiger partial charge in [-0.15, -0.1) is 0 Å². The summed E-state index contributed by atoms with van der Waals surface area (Å²) in [6, 6.07) is 21.4. The standard InChI is InChI=1S/C31H47N2.C7H6O.ClH.Ru/c1-28(2,3)22-13-15-24(30(7,8)9)26(19-22)32-17-18-33(21-32)27-20-23(29(4,5)6)14-16-25(27)31(10,11)12;1-6-4-2-3-5-7(6)8;;/h13-16,19-21H,17-18H2,1-12H3;1-5,8H;1H;/q-1;;;+1/p-1. The van der Waals surface area contributed by atoms with Gasteiger partial charge in [-0.1, -0.05) is 107 Å². The molecular weight excluding hydrogens is 637 g/mol. The zero-order valence-electron chi connectivity index (χ0n) is 28.4. The van der Waals surface area contributed by atoms with Gasteiger partial charge in [0.15, 0.2) is 0 Å². The molecule has 1 fully saturated rings. The third-order valence-electron chi connectivity index (χ3n) is 7.91. The molecule has 43 heavy (non-hydrogen) atoms. The van der Waals surface area contributed by atoms with Crippen LogP contribution in [0.4, 0.5) is 11.4 Å². The van der Waals surface area contributed by atoms with Crippen molar-refractivity contribution in [3.8, 4) is 5.75 Å². The fraction of sp³-hybridized carbons (Fsp3) is 0.474. The molecule has 1 N–H and O–H groups in total. The normalized spacial score (nSPS) is 14.9. The van der Waals surface area contributed by atoms with E-state index in [0.717, 1.165) is 18.7 Å².